The summed E-state index contributed by atoms with van der Waals surface area (Å²) in [5.74, 6) is -0.626. The quantitative estimate of drug-likeness (QED) is 0.762. The first kappa shape index (κ1) is 17.9. The Kier molecular flexibility index (Phi) is 5.78. The SMILES string of the molecule is COC(=O)c1cccc(CS(=O)(=O)NCC2(C)CCCNC2)c1. The highest BCUT2D eigenvalue weighted by atomic mass is 32.2. The first-order chi connectivity index (χ1) is 10.8. The highest BCUT2D eigenvalue weighted by molar-refractivity contribution is 7.88. The van der Waals surface area contributed by atoms with Crippen molar-refractivity contribution in [1.29, 1.82) is 0 Å². The van der Waals surface area contributed by atoms with Gasteiger partial charge in [-0.2, -0.15) is 0 Å². The Balaban J connectivity index is 1.99. The van der Waals surface area contributed by atoms with Crippen molar-refractivity contribution in [2.24, 2.45) is 5.41 Å². The summed E-state index contributed by atoms with van der Waals surface area (Å²) in [4.78, 5) is 11.5. The van der Waals surface area contributed by atoms with Crippen LogP contribution in [0.5, 0.6) is 0 Å². The zero-order valence-corrected chi connectivity index (χ0v) is 14.4. The average molecular weight is 340 g/mol. The Morgan fingerprint density at radius 3 is 2.87 bits per heavy atom. The molecule has 7 heteroatoms. The Hall–Kier alpha value is -1.44. The predicted octanol–water partition coefficient (Wildman–Crippen LogP) is 1.28. The van der Waals surface area contributed by atoms with Gasteiger partial charge in [0, 0.05) is 13.1 Å². The Bertz CT molecular complexity index is 652. The topological polar surface area (TPSA) is 84.5 Å². The molecule has 6 nitrogen and oxygen atoms in total. The van der Waals surface area contributed by atoms with Gasteiger partial charge in [0.2, 0.25) is 10.0 Å². The molecule has 0 amide bonds. The van der Waals surface area contributed by atoms with Crippen molar-refractivity contribution in [2.45, 2.75) is 25.5 Å². The van der Waals surface area contributed by atoms with E-state index in [0.717, 1.165) is 25.9 Å². The molecule has 0 saturated carbocycles. The largest absolute Gasteiger partial charge is 0.465 e. The number of nitrogens with one attached hydrogen (secondary N) is 2. The molecule has 23 heavy (non-hydrogen) atoms. The molecule has 1 atom stereocenters. The molecule has 0 aliphatic carbocycles. The zero-order chi connectivity index (χ0) is 16.9. The fourth-order valence-corrected chi connectivity index (χ4v) is 4.02. The molecule has 128 valence electrons. The van der Waals surface area contributed by atoms with E-state index in [1.54, 1.807) is 24.3 Å². The Morgan fingerprint density at radius 2 is 2.22 bits per heavy atom. The summed E-state index contributed by atoms with van der Waals surface area (Å²) < 4.78 is 31.9. The van der Waals surface area contributed by atoms with Crippen molar-refractivity contribution < 1.29 is 17.9 Å². The maximum Gasteiger partial charge on any atom is 0.337 e. The van der Waals surface area contributed by atoms with Gasteiger partial charge < -0.3 is 10.1 Å². The molecule has 0 bridgehead atoms. The molecule has 0 spiro atoms. The number of esters is 1. The van der Waals surface area contributed by atoms with E-state index in [4.69, 9.17) is 0 Å². The van der Waals surface area contributed by atoms with Crippen LogP contribution < -0.4 is 10.0 Å². The van der Waals surface area contributed by atoms with Crippen LogP contribution >= 0.6 is 0 Å². The Labute approximate surface area is 137 Å². The third kappa shape index (κ3) is 5.30. The number of methoxy groups -OCH3 is 1. The van der Waals surface area contributed by atoms with Gasteiger partial charge >= 0.3 is 5.97 Å². The zero-order valence-electron chi connectivity index (χ0n) is 13.6. The first-order valence-electron chi connectivity index (χ1n) is 7.69. The summed E-state index contributed by atoms with van der Waals surface area (Å²) in [6, 6.07) is 6.50. The van der Waals surface area contributed by atoms with Crippen molar-refractivity contribution in [1.82, 2.24) is 10.0 Å². The maximum absolute atomic E-state index is 12.3. The fourth-order valence-electron chi connectivity index (χ4n) is 2.73. The highest BCUT2D eigenvalue weighted by Gasteiger charge is 2.28. The molecule has 1 aliphatic heterocycles. The van der Waals surface area contributed by atoms with E-state index < -0.39 is 16.0 Å². The second kappa shape index (κ2) is 7.42. The average Bonchev–Trinajstić information content (AvgIpc) is 2.53. The number of carbonyl (C=O) groups is 1. The van der Waals surface area contributed by atoms with Gasteiger partial charge in [0.15, 0.2) is 0 Å². The first-order valence-corrected chi connectivity index (χ1v) is 9.34. The van der Waals surface area contributed by atoms with E-state index in [1.807, 2.05) is 0 Å². The molecular weight excluding hydrogens is 316 g/mol. The van der Waals surface area contributed by atoms with Crippen molar-refractivity contribution in [2.75, 3.05) is 26.7 Å². The van der Waals surface area contributed by atoms with Gasteiger partial charge in [-0.3, -0.25) is 0 Å². The van der Waals surface area contributed by atoms with Crippen LogP contribution in [0.1, 0.15) is 35.7 Å². The fraction of sp³-hybridized carbons (Fsp3) is 0.562. The van der Waals surface area contributed by atoms with Gasteiger partial charge in [0.1, 0.15) is 0 Å². The van der Waals surface area contributed by atoms with Crippen LogP contribution in [-0.2, 0) is 20.5 Å². The summed E-state index contributed by atoms with van der Waals surface area (Å²) in [7, 11) is -2.15. The lowest BCUT2D eigenvalue weighted by Crippen LogP contribution is -2.45. The van der Waals surface area contributed by atoms with E-state index in [-0.39, 0.29) is 11.2 Å². The standard InChI is InChI=1S/C16H24N2O4S/c1-16(7-4-8-17-11-16)12-18-23(20,21)10-13-5-3-6-14(9-13)15(19)22-2/h3,5-6,9,17-18H,4,7-8,10-12H2,1-2H3. The number of ether oxygens (including phenoxy) is 1. The number of sulfonamides is 1. The molecule has 2 N–H and O–H groups in total. The predicted molar refractivity (Wildman–Crippen MR) is 88.6 cm³/mol. The molecule has 0 radical (unpaired) electrons. The van der Waals surface area contributed by atoms with Crippen molar-refractivity contribution in [3.8, 4) is 0 Å². The number of hydrogen-bond acceptors (Lipinski definition) is 5. The minimum atomic E-state index is -3.45. The normalized spacial score (nSPS) is 21.8. The molecular formula is C16H24N2O4S. The molecule has 0 aromatic heterocycles. The van der Waals surface area contributed by atoms with Gasteiger partial charge in [-0.25, -0.2) is 17.9 Å². The molecule has 1 aromatic rings. The van der Waals surface area contributed by atoms with Gasteiger partial charge in [-0.15, -0.1) is 0 Å². The van der Waals surface area contributed by atoms with Crippen LogP contribution in [0, 0.1) is 5.41 Å². The van der Waals surface area contributed by atoms with Crippen molar-refractivity contribution in [3.05, 3.63) is 35.4 Å². The van der Waals surface area contributed by atoms with Crippen LogP contribution in [0.15, 0.2) is 24.3 Å². The second-order valence-corrected chi connectivity index (χ2v) is 8.17. The lowest BCUT2D eigenvalue weighted by atomic mass is 9.83. The van der Waals surface area contributed by atoms with Crippen molar-refractivity contribution >= 4 is 16.0 Å². The number of rotatable bonds is 6. The van der Waals surface area contributed by atoms with Gasteiger partial charge in [0.05, 0.1) is 18.4 Å². The monoisotopic (exact) mass is 340 g/mol. The molecule has 1 aromatic carbocycles. The van der Waals surface area contributed by atoms with Crippen LogP contribution in [-0.4, -0.2) is 41.1 Å². The summed E-state index contributed by atoms with van der Waals surface area (Å²) in [5.41, 5.74) is 0.857. The van der Waals surface area contributed by atoms with E-state index in [0.29, 0.717) is 17.7 Å². The third-order valence-electron chi connectivity index (χ3n) is 4.11. The molecule has 1 heterocycles. The third-order valence-corrected chi connectivity index (χ3v) is 5.41. The van der Waals surface area contributed by atoms with E-state index >= 15 is 0 Å². The van der Waals surface area contributed by atoms with Gasteiger partial charge in [-0.1, -0.05) is 19.1 Å². The lowest BCUT2D eigenvalue weighted by molar-refractivity contribution is 0.0600. The smallest absolute Gasteiger partial charge is 0.337 e. The second-order valence-electron chi connectivity index (χ2n) is 6.36. The van der Waals surface area contributed by atoms with E-state index in [1.165, 1.54) is 7.11 Å². The molecule has 1 fully saturated rings. The number of carbonyl (C=O) groups excluding carboxylic acids is 1. The van der Waals surface area contributed by atoms with Crippen LogP contribution in [0.4, 0.5) is 0 Å². The molecule has 1 unspecified atom stereocenters. The van der Waals surface area contributed by atoms with Gasteiger partial charge in [-0.05, 0) is 42.5 Å². The van der Waals surface area contributed by atoms with Gasteiger partial charge in [0.25, 0.3) is 0 Å². The number of benzene rings is 1. The van der Waals surface area contributed by atoms with Crippen LogP contribution in [0.3, 0.4) is 0 Å². The summed E-state index contributed by atoms with van der Waals surface area (Å²) >= 11 is 0. The number of hydrogen-bond donors (Lipinski definition) is 2. The lowest BCUT2D eigenvalue weighted by Gasteiger charge is -2.34. The molecule has 1 saturated heterocycles. The van der Waals surface area contributed by atoms with Crippen LogP contribution in [0.25, 0.3) is 0 Å². The van der Waals surface area contributed by atoms with E-state index in [9.17, 15) is 13.2 Å². The molecule has 1 aliphatic rings. The Morgan fingerprint density at radius 1 is 1.43 bits per heavy atom. The number of piperidine rings is 1. The minimum absolute atomic E-state index is 0.0564. The summed E-state index contributed by atoms with van der Waals surface area (Å²) in [5, 5.41) is 3.30. The van der Waals surface area contributed by atoms with Crippen LogP contribution in [0.2, 0.25) is 0 Å². The summed E-state index contributed by atoms with van der Waals surface area (Å²) in [6.45, 7) is 4.30. The summed E-state index contributed by atoms with van der Waals surface area (Å²) in [6.07, 6.45) is 2.06. The highest BCUT2D eigenvalue weighted by Crippen LogP contribution is 2.24. The van der Waals surface area contributed by atoms with Crippen molar-refractivity contribution in [3.63, 3.8) is 0 Å². The minimum Gasteiger partial charge on any atom is -0.465 e. The maximum atomic E-state index is 12.3. The molecule has 2 rings (SSSR count). The van der Waals surface area contributed by atoms with E-state index in [2.05, 4.69) is 21.7 Å².